The molecule has 1 unspecified atom stereocenters. The van der Waals surface area contributed by atoms with Gasteiger partial charge >= 0.3 is 18.3 Å². The van der Waals surface area contributed by atoms with E-state index in [1.54, 1.807) is 0 Å². The smallest absolute Gasteiger partial charge is 0.416 e. The fourth-order valence-electron chi connectivity index (χ4n) is 5.38. The summed E-state index contributed by atoms with van der Waals surface area (Å²) in [6, 6.07) is 8.91. The van der Waals surface area contributed by atoms with E-state index in [0.29, 0.717) is 43.5 Å². The lowest BCUT2D eigenvalue weighted by Gasteiger charge is -2.46. The van der Waals surface area contributed by atoms with Gasteiger partial charge < -0.3 is 9.84 Å². The standard InChI is InChI=1S/C26H27F6NO3/c27-25(28,29)19-7-3-17(4-8-19)21-14-16(15-23(34)35)11-12-33(21)24(22-2-1-13-36-22)18-5-9-20(10-6-18)26(30,31)32/h3-10,16,21-22,24H,1-2,11-15H2,(H,34,35)/t16-,21+,22+,24?/m1/s1. The van der Waals surface area contributed by atoms with Crippen molar-refractivity contribution in [3.63, 3.8) is 0 Å². The Morgan fingerprint density at radius 1 is 0.944 bits per heavy atom. The van der Waals surface area contributed by atoms with Crippen LogP contribution in [0.25, 0.3) is 0 Å². The molecule has 2 heterocycles. The van der Waals surface area contributed by atoms with Gasteiger partial charge in [-0.05, 0) is 73.5 Å². The molecule has 0 radical (unpaired) electrons. The number of nitrogens with zero attached hydrogens (tertiary/aromatic N) is 1. The lowest BCUT2D eigenvalue weighted by Crippen LogP contribution is -2.44. The van der Waals surface area contributed by atoms with Gasteiger partial charge in [-0.1, -0.05) is 24.3 Å². The molecule has 2 aliphatic rings. The Balaban J connectivity index is 1.71. The first kappa shape index (κ1) is 26.5. The molecular weight excluding hydrogens is 488 g/mol. The zero-order valence-electron chi connectivity index (χ0n) is 19.4. The number of rotatable bonds is 6. The van der Waals surface area contributed by atoms with Gasteiger partial charge in [-0.15, -0.1) is 0 Å². The fraction of sp³-hybridized carbons (Fsp3) is 0.500. The molecule has 4 atom stereocenters. The fourth-order valence-corrected chi connectivity index (χ4v) is 5.38. The van der Waals surface area contributed by atoms with Crippen molar-refractivity contribution in [1.29, 1.82) is 0 Å². The van der Waals surface area contributed by atoms with Crippen LogP contribution in [0.3, 0.4) is 0 Å². The van der Waals surface area contributed by atoms with E-state index in [-0.39, 0.29) is 18.4 Å². The Kier molecular flexibility index (Phi) is 7.66. The number of carboxylic acid groups (broad SMARTS) is 1. The number of likely N-dealkylation sites (tertiary alicyclic amines) is 1. The third-order valence-electron chi connectivity index (χ3n) is 7.09. The van der Waals surface area contributed by atoms with Crippen molar-refractivity contribution in [3.8, 4) is 0 Å². The number of ether oxygens (including phenoxy) is 1. The normalized spacial score (nSPS) is 24.6. The summed E-state index contributed by atoms with van der Waals surface area (Å²) in [5.74, 6) is -1.12. The second kappa shape index (κ2) is 10.4. The number of halogens is 6. The summed E-state index contributed by atoms with van der Waals surface area (Å²) in [4.78, 5) is 13.4. The number of carboxylic acids is 1. The van der Waals surface area contributed by atoms with Crippen LogP contribution < -0.4 is 0 Å². The third kappa shape index (κ3) is 6.03. The Hall–Kier alpha value is -2.59. The van der Waals surface area contributed by atoms with Crippen LogP contribution in [0.1, 0.15) is 66.4 Å². The second-order valence-corrected chi connectivity index (χ2v) is 9.48. The van der Waals surface area contributed by atoms with Crippen LogP contribution in [0.5, 0.6) is 0 Å². The molecule has 2 saturated heterocycles. The monoisotopic (exact) mass is 515 g/mol. The van der Waals surface area contributed by atoms with Gasteiger partial charge in [0, 0.05) is 19.1 Å². The Bertz CT molecular complexity index is 1030. The molecule has 0 saturated carbocycles. The molecule has 0 bridgehead atoms. The number of benzene rings is 2. The van der Waals surface area contributed by atoms with E-state index in [2.05, 4.69) is 4.90 Å². The van der Waals surface area contributed by atoms with Gasteiger partial charge in [0.25, 0.3) is 0 Å². The molecule has 0 spiro atoms. The van der Waals surface area contributed by atoms with E-state index < -0.39 is 41.5 Å². The first-order valence-corrected chi connectivity index (χ1v) is 11.9. The van der Waals surface area contributed by atoms with Gasteiger partial charge in [0.15, 0.2) is 0 Å². The molecule has 2 aromatic carbocycles. The minimum Gasteiger partial charge on any atom is -0.481 e. The van der Waals surface area contributed by atoms with Crippen molar-refractivity contribution in [3.05, 3.63) is 70.8 Å². The predicted molar refractivity (Wildman–Crippen MR) is 119 cm³/mol. The van der Waals surface area contributed by atoms with Crippen LogP contribution in [-0.2, 0) is 21.9 Å². The first-order valence-electron chi connectivity index (χ1n) is 11.9. The molecular formula is C26H27F6NO3. The highest BCUT2D eigenvalue weighted by Crippen LogP contribution is 2.45. The van der Waals surface area contributed by atoms with Gasteiger partial charge in [0.05, 0.1) is 23.3 Å². The maximum Gasteiger partial charge on any atom is 0.416 e. The van der Waals surface area contributed by atoms with E-state index in [1.807, 2.05) is 0 Å². The highest BCUT2D eigenvalue weighted by molar-refractivity contribution is 5.67. The van der Waals surface area contributed by atoms with Gasteiger partial charge in [-0.3, -0.25) is 9.69 Å². The average Bonchev–Trinajstić information content (AvgIpc) is 3.33. The van der Waals surface area contributed by atoms with Crippen LogP contribution in [0, 0.1) is 5.92 Å². The predicted octanol–water partition coefficient (Wildman–Crippen LogP) is 6.87. The third-order valence-corrected chi connectivity index (χ3v) is 7.09. The van der Waals surface area contributed by atoms with E-state index in [4.69, 9.17) is 4.74 Å². The number of piperidine rings is 1. The summed E-state index contributed by atoms with van der Waals surface area (Å²) in [5.41, 5.74) is -0.317. The first-order chi connectivity index (χ1) is 16.9. The van der Waals surface area contributed by atoms with Crippen LogP contribution in [0.15, 0.2) is 48.5 Å². The van der Waals surface area contributed by atoms with Crippen molar-refractivity contribution < 1.29 is 41.0 Å². The van der Waals surface area contributed by atoms with Gasteiger partial charge in [-0.25, -0.2) is 0 Å². The van der Waals surface area contributed by atoms with Gasteiger partial charge in [0.2, 0.25) is 0 Å². The van der Waals surface area contributed by atoms with Crippen LogP contribution in [0.4, 0.5) is 26.3 Å². The number of carbonyl (C=O) groups is 1. The molecule has 36 heavy (non-hydrogen) atoms. The molecule has 4 rings (SSSR count). The van der Waals surface area contributed by atoms with Crippen molar-refractivity contribution in [2.45, 2.75) is 62.6 Å². The lowest BCUT2D eigenvalue weighted by atomic mass is 9.82. The molecule has 10 heteroatoms. The number of alkyl halides is 6. The minimum atomic E-state index is -4.49. The number of hydrogen-bond acceptors (Lipinski definition) is 3. The van der Waals surface area contributed by atoms with Crippen LogP contribution in [-0.4, -0.2) is 35.2 Å². The average molecular weight is 515 g/mol. The quantitative estimate of drug-likeness (QED) is 0.427. The Labute approximate surface area is 204 Å². The second-order valence-electron chi connectivity index (χ2n) is 9.48. The summed E-state index contributed by atoms with van der Waals surface area (Å²) >= 11 is 0. The zero-order valence-corrected chi connectivity index (χ0v) is 19.4. The molecule has 196 valence electrons. The number of aliphatic carboxylic acids is 1. The number of hydrogen-bond donors (Lipinski definition) is 1. The molecule has 2 aliphatic heterocycles. The van der Waals surface area contributed by atoms with Gasteiger partial charge in [0.1, 0.15) is 0 Å². The van der Waals surface area contributed by atoms with E-state index in [0.717, 1.165) is 30.7 Å². The summed E-state index contributed by atoms with van der Waals surface area (Å²) in [6.45, 7) is 0.956. The maximum absolute atomic E-state index is 13.2. The molecule has 0 amide bonds. The highest BCUT2D eigenvalue weighted by Gasteiger charge is 2.41. The highest BCUT2D eigenvalue weighted by atomic mass is 19.4. The zero-order chi connectivity index (χ0) is 26.1. The molecule has 2 fully saturated rings. The largest absolute Gasteiger partial charge is 0.481 e. The van der Waals surface area contributed by atoms with Crippen molar-refractivity contribution >= 4 is 5.97 Å². The van der Waals surface area contributed by atoms with Crippen LogP contribution in [0.2, 0.25) is 0 Å². The van der Waals surface area contributed by atoms with Gasteiger partial charge in [-0.2, -0.15) is 26.3 Å². The SMILES string of the molecule is O=C(O)C[C@@H]1CCN(C(c2ccc(C(F)(F)F)cc2)[C@@H]2CCCO2)[C@H](c2ccc(C(F)(F)F)cc2)C1. The Morgan fingerprint density at radius 2 is 1.53 bits per heavy atom. The summed E-state index contributed by atoms with van der Waals surface area (Å²) in [7, 11) is 0. The van der Waals surface area contributed by atoms with Crippen LogP contribution >= 0.6 is 0 Å². The van der Waals surface area contributed by atoms with Crippen molar-refractivity contribution in [2.75, 3.05) is 13.2 Å². The van der Waals surface area contributed by atoms with Crippen molar-refractivity contribution in [1.82, 2.24) is 4.90 Å². The minimum absolute atomic E-state index is 0.0597. The molecule has 0 aliphatic carbocycles. The summed E-state index contributed by atoms with van der Waals surface area (Å²) in [5, 5.41) is 9.32. The molecule has 1 N–H and O–H groups in total. The van der Waals surface area contributed by atoms with E-state index in [9.17, 15) is 36.2 Å². The van der Waals surface area contributed by atoms with E-state index >= 15 is 0 Å². The molecule has 2 aromatic rings. The van der Waals surface area contributed by atoms with E-state index in [1.165, 1.54) is 24.3 Å². The topological polar surface area (TPSA) is 49.8 Å². The summed E-state index contributed by atoms with van der Waals surface area (Å²) < 4.78 is 84.9. The summed E-state index contributed by atoms with van der Waals surface area (Å²) in [6.07, 6.45) is -6.88. The van der Waals surface area contributed by atoms with Crippen molar-refractivity contribution in [2.24, 2.45) is 5.92 Å². The molecule has 4 nitrogen and oxygen atoms in total. The Morgan fingerprint density at radius 3 is 2.03 bits per heavy atom. The molecule has 0 aromatic heterocycles. The maximum atomic E-state index is 13.2. The lowest BCUT2D eigenvalue weighted by molar-refractivity contribution is -0.139.